The minimum absolute atomic E-state index is 0.0669. The van der Waals surface area contributed by atoms with Crippen LogP contribution in [0, 0.1) is 11.3 Å². The van der Waals surface area contributed by atoms with Gasteiger partial charge in [0.2, 0.25) is 0 Å². The van der Waals surface area contributed by atoms with Crippen LogP contribution >= 0.6 is 0 Å². The molecular formula is C16H19N5O3S. The van der Waals surface area contributed by atoms with Gasteiger partial charge in [-0.3, -0.25) is 9.98 Å². The lowest BCUT2D eigenvalue weighted by Crippen LogP contribution is -2.42. The van der Waals surface area contributed by atoms with Crippen molar-refractivity contribution in [2.75, 3.05) is 33.0 Å². The number of nitrogens with zero attached hydrogens (tertiary/aromatic N) is 5. The first-order chi connectivity index (χ1) is 12.1. The van der Waals surface area contributed by atoms with Crippen molar-refractivity contribution >= 4 is 28.5 Å². The van der Waals surface area contributed by atoms with Crippen molar-refractivity contribution in [3.8, 4) is 6.07 Å². The first-order valence-corrected chi connectivity index (χ1v) is 9.39. The van der Waals surface area contributed by atoms with Gasteiger partial charge in [0.1, 0.15) is 0 Å². The number of hydrogen-bond acceptors (Lipinski definition) is 7. The molecule has 0 aliphatic carbocycles. The molecule has 3 aliphatic rings. The molecular weight excluding hydrogens is 342 g/mol. The molecule has 0 aromatic rings. The van der Waals surface area contributed by atoms with Crippen molar-refractivity contribution in [1.29, 1.82) is 5.26 Å². The average Bonchev–Trinajstić information content (AvgIpc) is 3.27. The Balaban J connectivity index is 1.94. The third-order valence-electron chi connectivity index (χ3n) is 4.44. The summed E-state index contributed by atoms with van der Waals surface area (Å²) in [6.07, 6.45) is 6.47. The van der Waals surface area contributed by atoms with Crippen molar-refractivity contribution < 1.29 is 13.7 Å². The fraction of sp³-hybridized carbons (Fsp3) is 0.500. The Bertz CT molecular complexity index is 777. The number of carbonyl (C=O) groups excluding carboxylic acids is 1. The Morgan fingerprint density at radius 1 is 1.60 bits per heavy atom. The SMILES string of the molecule is COC(=O)C1=C2CC(N(CC#N)S(C)=O)CN2C(C2=NC=CC2)=NC1. The number of aliphatic imine (C=N–C) groups is 2. The predicted octanol–water partition coefficient (Wildman–Crippen LogP) is 0.377. The van der Waals surface area contributed by atoms with Gasteiger partial charge in [-0.1, -0.05) is 6.08 Å². The van der Waals surface area contributed by atoms with E-state index >= 15 is 0 Å². The molecule has 132 valence electrons. The number of amidine groups is 1. The molecule has 2 unspecified atom stereocenters. The van der Waals surface area contributed by atoms with Crippen LogP contribution in [0.1, 0.15) is 12.8 Å². The second kappa shape index (κ2) is 7.29. The Kier molecular flexibility index (Phi) is 5.11. The molecule has 1 fully saturated rings. The normalized spacial score (nSPS) is 23.3. The summed E-state index contributed by atoms with van der Waals surface area (Å²) in [4.78, 5) is 23.0. The van der Waals surface area contributed by atoms with Gasteiger partial charge in [0.15, 0.2) is 5.84 Å². The van der Waals surface area contributed by atoms with Crippen LogP contribution in [0.2, 0.25) is 0 Å². The highest BCUT2D eigenvalue weighted by molar-refractivity contribution is 7.81. The maximum Gasteiger partial charge on any atom is 0.337 e. The molecule has 9 heteroatoms. The largest absolute Gasteiger partial charge is 0.466 e. The number of fused-ring (bicyclic) bond motifs is 1. The van der Waals surface area contributed by atoms with Gasteiger partial charge in [0.05, 0.1) is 48.5 Å². The third-order valence-corrected chi connectivity index (χ3v) is 5.53. The highest BCUT2D eigenvalue weighted by atomic mass is 32.2. The van der Waals surface area contributed by atoms with Gasteiger partial charge >= 0.3 is 5.97 Å². The molecule has 25 heavy (non-hydrogen) atoms. The summed E-state index contributed by atoms with van der Waals surface area (Å²) < 4.78 is 18.6. The van der Waals surface area contributed by atoms with Crippen molar-refractivity contribution in [2.24, 2.45) is 9.98 Å². The topological polar surface area (TPSA) is 98.4 Å². The summed E-state index contributed by atoms with van der Waals surface area (Å²) in [5, 5.41) is 9.03. The van der Waals surface area contributed by atoms with Crippen LogP contribution in [0.3, 0.4) is 0 Å². The van der Waals surface area contributed by atoms with Crippen LogP contribution < -0.4 is 0 Å². The van der Waals surface area contributed by atoms with Crippen LogP contribution in [0.5, 0.6) is 0 Å². The summed E-state index contributed by atoms with van der Waals surface area (Å²) in [5.41, 5.74) is 2.19. The van der Waals surface area contributed by atoms with E-state index in [1.165, 1.54) is 7.11 Å². The average molecular weight is 361 g/mol. The summed E-state index contributed by atoms with van der Waals surface area (Å²) in [5.74, 6) is 0.341. The number of rotatable bonds is 5. The van der Waals surface area contributed by atoms with Crippen LogP contribution in [-0.2, 0) is 20.5 Å². The van der Waals surface area contributed by atoms with Gasteiger partial charge in [-0.2, -0.15) is 5.26 Å². The van der Waals surface area contributed by atoms with Gasteiger partial charge in [-0.05, 0) is 0 Å². The highest BCUT2D eigenvalue weighted by Crippen LogP contribution is 2.33. The van der Waals surface area contributed by atoms with E-state index in [-0.39, 0.29) is 19.1 Å². The minimum Gasteiger partial charge on any atom is -0.466 e. The molecule has 0 aromatic carbocycles. The van der Waals surface area contributed by atoms with E-state index in [9.17, 15) is 9.00 Å². The number of allylic oxidation sites excluding steroid dienone is 1. The van der Waals surface area contributed by atoms with E-state index in [4.69, 9.17) is 10.00 Å². The molecule has 3 heterocycles. The Morgan fingerprint density at radius 2 is 2.40 bits per heavy atom. The predicted molar refractivity (Wildman–Crippen MR) is 94.0 cm³/mol. The van der Waals surface area contributed by atoms with Crippen LogP contribution in [0.15, 0.2) is 33.5 Å². The summed E-state index contributed by atoms with van der Waals surface area (Å²) in [6.45, 7) is 0.819. The van der Waals surface area contributed by atoms with E-state index in [2.05, 4.69) is 16.1 Å². The second-order valence-electron chi connectivity index (χ2n) is 5.85. The fourth-order valence-corrected chi connectivity index (χ4v) is 4.10. The lowest BCUT2D eigenvalue weighted by molar-refractivity contribution is -0.136. The molecule has 0 radical (unpaired) electrons. The van der Waals surface area contributed by atoms with Crippen molar-refractivity contribution in [3.05, 3.63) is 23.5 Å². The standard InChI is InChI=1S/C16H19N5O3S/c1-24-16(22)12-9-19-15(13-4-3-6-18-13)20-10-11(8-14(12)20)21(7-5-17)25(2)23/h3,6,11H,4,7-10H2,1-2H3. The summed E-state index contributed by atoms with van der Waals surface area (Å²) in [6, 6.07) is 1.92. The molecule has 2 atom stereocenters. The van der Waals surface area contributed by atoms with Crippen molar-refractivity contribution in [3.63, 3.8) is 0 Å². The zero-order chi connectivity index (χ0) is 18.0. The number of methoxy groups -OCH3 is 1. The smallest absolute Gasteiger partial charge is 0.337 e. The molecule has 0 aromatic heterocycles. The van der Waals surface area contributed by atoms with Gasteiger partial charge in [-0.25, -0.2) is 13.3 Å². The second-order valence-corrected chi connectivity index (χ2v) is 7.16. The quantitative estimate of drug-likeness (QED) is 0.521. The van der Waals surface area contributed by atoms with Crippen molar-refractivity contribution in [2.45, 2.75) is 18.9 Å². The molecule has 0 bridgehead atoms. The Morgan fingerprint density at radius 3 is 3.00 bits per heavy atom. The third kappa shape index (κ3) is 3.27. The maximum atomic E-state index is 12.1. The molecule has 0 spiro atoms. The van der Waals surface area contributed by atoms with E-state index in [0.717, 1.165) is 17.2 Å². The molecule has 1 saturated heterocycles. The van der Waals surface area contributed by atoms with Crippen LogP contribution in [0.4, 0.5) is 0 Å². The molecule has 8 nitrogen and oxygen atoms in total. The summed E-state index contributed by atoms with van der Waals surface area (Å²) >= 11 is 0. The Labute approximate surface area is 148 Å². The van der Waals surface area contributed by atoms with Crippen LogP contribution in [0.25, 0.3) is 0 Å². The zero-order valence-corrected chi connectivity index (χ0v) is 15.0. The number of carbonyl (C=O) groups is 1. The number of hydrogen-bond donors (Lipinski definition) is 0. The van der Waals surface area contributed by atoms with E-state index in [1.54, 1.807) is 16.8 Å². The zero-order valence-electron chi connectivity index (χ0n) is 14.1. The minimum atomic E-state index is -1.28. The molecule has 0 amide bonds. The van der Waals surface area contributed by atoms with E-state index in [0.29, 0.717) is 25.0 Å². The lowest BCUT2D eigenvalue weighted by atomic mass is 10.1. The monoisotopic (exact) mass is 361 g/mol. The van der Waals surface area contributed by atoms with Gasteiger partial charge in [0, 0.05) is 43.6 Å². The number of ether oxygens (including phenoxy) is 1. The number of nitriles is 1. The summed E-state index contributed by atoms with van der Waals surface area (Å²) in [7, 11) is 0.0667. The van der Waals surface area contributed by atoms with Crippen LogP contribution in [-0.4, -0.2) is 70.0 Å². The lowest BCUT2D eigenvalue weighted by Gasteiger charge is -2.28. The highest BCUT2D eigenvalue weighted by Gasteiger charge is 2.40. The molecule has 0 N–H and O–H groups in total. The fourth-order valence-electron chi connectivity index (χ4n) is 3.30. The van der Waals surface area contributed by atoms with Crippen molar-refractivity contribution in [1.82, 2.24) is 9.21 Å². The first kappa shape index (κ1) is 17.5. The molecule has 3 aliphatic heterocycles. The first-order valence-electron chi connectivity index (χ1n) is 7.88. The maximum absolute atomic E-state index is 12.1. The molecule has 3 rings (SSSR count). The molecule has 0 saturated carbocycles. The number of esters is 1. The van der Waals surface area contributed by atoms with E-state index < -0.39 is 17.0 Å². The van der Waals surface area contributed by atoms with E-state index in [1.807, 2.05) is 11.0 Å². The Hall–Kier alpha value is -2.31. The van der Waals surface area contributed by atoms with Gasteiger partial charge in [0.25, 0.3) is 0 Å². The van der Waals surface area contributed by atoms with Gasteiger partial charge in [-0.15, -0.1) is 0 Å². The van der Waals surface area contributed by atoms with Gasteiger partial charge < -0.3 is 9.64 Å².